The van der Waals surface area contributed by atoms with E-state index in [9.17, 15) is 27.5 Å². The summed E-state index contributed by atoms with van der Waals surface area (Å²) in [6.45, 7) is 5.30. The Bertz CT molecular complexity index is 917. The molecule has 1 N–H and O–H groups in total. The van der Waals surface area contributed by atoms with Crippen LogP contribution in [0.2, 0.25) is 0 Å². The first-order valence-corrected chi connectivity index (χ1v) is 10.9. The van der Waals surface area contributed by atoms with Gasteiger partial charge in [-0.05, 0) is 45.4 Å². The van der Waals surface area contributed by atoms with E-state index < -0.39 is 42.7 Å². The Labute approximate surface area is 171 Å². The zero-order valence-electron chi connectivity index (χ0n) is 16.4. The number of non-ortho nitro benzene ring substituents is 1. The molecule has 0 aliphatic rings. The van der Waals surface area contributed by atoms with Gasteiger partial charge in [0.15, 0.2) is 0 Å². The van der Waals surface area contributed by atoms with Crippen LogP contribution in [0.5, 0.6) is 0 Å². The minimum absolute atomic E-state index is 0.0486. The Morgan fingerprint density at radius 2 is 1.93 bits per heavy atom. The summed E-state index contributed by atoms with van der Waals surface area (Å²) in [5, 5.41) is 10.7. The lowest BCUT2D eigenvalue weighted by atomic mass is 10.2. The highest BCUT2D eigenvalue weighted by molar-refractivity contribution is 7.89. The van der Waals surface area contributed by atoms with E-state index >= 15 is 0 Å². The van der Waals surface area contributed by atoms with Gasteiger partial charge < -0.3 is 4.74 Å². The molecule has 12 heteroatoms. The zero-order chi connectivity index (χ0) is 22.2. The molecule has 0 amide bonds. The molecule has 1 rings (SSSR count). The van der Waals surface area contributed by atoms with Crippen LogP contribution >= 0.6 is 0 Å². The summed E-state index contributed by atoms with van der Waals surface area (Å²) >= 11 is 0. The average molecular weight is 446 g/mol. The molecule has 10 nitrogen and oxygen atoms in total. The largest absolute Gasteiger partial charge is 0.468 e. The number of methoxy groups -OCH3 is 1. The number of benzene rings is 1. The number of nitrogens with zero attached hydrogens (tertiary/aromatic N) is 2. The maximum Gasteiger partial charge on any atom is 0.324 e. The number of rotatable bonds is 9. The molecule has 0 aromatic heterocycles. The van der Waals surface area contributed by atoms with Gasteiger partial charge in [-0.25, -0.2) is 12.6 Å². The van der Waals surface area contributed by atoms with E-state index in [4.69, 9.17) is 0 Å². The molecule has 0 aliphatic carbocycles. The Morgan fingerprint density at radius 1 is 1.34 bits per heavy atom. The smallest absolute Gasteiger partial charge is 0.324 e. The van der Waals surface area contributed by atoms with Gasteiger partial charge in [0.1, 0.15) is 17.0 Å². The van der Waals surface area contributed by atoms with Gasteiger partial charge in [0.25, 0.3) is 5.69 Å². The minimum Gasteiger partial charge on any atom is -0.468 e. The van der Waals surface area contributed by atoms with Gasteiger partial charge in [-0.15, -0.1) is 0 Å². The Hall–Kier alpha value is -2.44. The van der Waals surface area contributed by atoms with E-state index in [1.807, 2.05) is 0 Å². The topological polar surface area (TPSA) is 145 Å². The van der Waals surface area contributed by atoms with Gasteiger partial charge in [-0.1, -0.05) is 6.08 Å². The molecule has 0 fully saturated rings. The van der Waals surface area contributed by atoms with Crippen molar-refractivity contribution in [2.75, 3.05) is 7.11 Å². The van der Waals surface area contributed by atoms with Crippen LogP contribution in [-0.2, 0) is 30.5 Å². The fourth-order valence-electron chi connectivity index (χ4n) is 1.86. The molecule has 1 aromatic carbocycles. The number of hydrogen-bond acceptors (Lipinski definition) is 7. The van der Waals surface area contributed by atoms with Crippen LogP contribution in [0.1, 0.15) is 27.2 Å². The second-order valence-corrected chi connectivity index (χ2v) is 10.4. The number of nitro benzene ring substituents is 1. The maximum absolute atomic E-state index is 12.5. The molecule has 0 radical (unpaired) electrons. The Balaban J connectivity index is 2.89. The number of ether oxygens (including phenoxy) is 1. The van der Waals surface area contributed by atoms with Crippen LogP contribution in [0.4, 0.5) is 5.69 Å². The first-order valence-electron chi connectivity index (χ1n) is 8.34. The van der Waals surface area contributed by atoms with Gasteiger partial charge >= 0.3 is 5.97 Å². The van der Waals surface area contributed by atoms with Crippen molar-refractivity contribution in [3.05, 3.63) is 46.5 Å². The average Bonchev–Trinajstić information content (AvgIpc) is 2.65. The van der Waals surface area contributed by atoms with Crippen molar-refractivity contribution in [3.8, 4) is 0 Å². The van der Waals surface area contributed by atoms with Gasteiger partial charge in [-0.2, -0.15) is 9.12 Å². The second-order valence-electron chi connectivity index (χ2n) is 6.73. The van der Waals surface area contributed by atoms with Gasteiger partial charge in [-0.3, -0.25) is 14.9 Å². The standard InChI is InChI=1S/C17H23N3O7S2/c1-17(2,3)28(24)18-12-6-5-7-15(16(21)27-4)19-29(25,26)14-10-8-13(9-11-14)20(22)23/h5-6,8-12,15,19H,7H2,1-4H3/b6-5+,18-12?/t15-,28?/m0/s1. The molecule has 0 saturated heterocycles. The van der Waals surface area contributed by atoms with Crippen LogP contribution < -0.4 is 4.72 Å². The van der Waals surface area contributed by atoms with E-state index in [0.717, 1.165) is 31.4 Å². The van der Waals surface area contributed by atoms with E-state index in [-0.39, 0.29) is 17.0 Å². The van der Waals surface area contributed by atoms with Crippen molar-refractivity contribution in [1.29, 1.82) is 0 Å². The third kappa shape index (κ3) is 7.83. The first kappa shape index (κ1) is 24.6. The molecule has 0 saturated carbocycles. The molecule has 29 heavy (non-hydrogen) atoms. The van der Waals surface area contributed by atoms with Crippen molar-refractivity contribution in [2.24, 2.45) is 4.40 Å². The molecule has 0 bridgehead atoms. The summed E-state index contributed by atoms with van der Waals surface area (Å²) in [6.07, 6.45) is 4.18. The fourth-order valence-corrected chi connectivity index (χ4v) is 3.56. The normalized spacial score (nSPS) is 14.8. The van der Waals surface area contributed by atoms with Crippen molar-refractivity contribution in [3.63, 3.8) is 0 Å². The lowest BCUT2D eigenvalue weighted by Crippen LogP contribution is -2.41. The molecule has 0 spiro atoms. The molecular formula is C17H23N3O7S2. The molecule has 2 atom stereocenters. The monoisotopic (exact) mass is 445 g/mol. The molecule has 1 unspecified atom stereocenters. The Morgan fingerprint density at radius 3 is 2.41 bits per heavy atom. The van der Waals surface area contributed by atoms with Gasteiger partial charge in [0.05, 0.1) is 21.7 Å². The third-order valence-electron chi connectivity index (χ3n) is 3.42. The number of nitro groups is 1. The summed E-state index contributed by atoms with van der Waals surface area (Å²) in [5.41, 5.74) is -0.261. The molecule has 1 aromatic rings. The lowest BCUT2D eigenvalue weighted by Gasteiger charge is -2.15. The number of hydrogen-bond donors (Lipinski definition) is 1. The highest BCUT2D eigenvalue weighted by Gasteiger charge is 2.26. The number of allylic oxidation sites excluding steroid dienone is 1. The van der Waals surface area contributed by atoms with E-state index in [1.54, 1.807) is 20.8 Å². The third-order valence-corrected chi connectivity index (χ3v) is 6.26. The summed E-state index contributed by atoms with van der Waals surface area (Å²) in [6, 6.07) is 3.01. The Kier molecular flexibility index (Phi) is 8.80. The van der Waals surface area contributed by atoms with Crippen LogP contribution in [0, 0.1) is 10.1 Å². The number of carbonyl (C=O) groups is 1. The van der Waals surface area contributed by atoms with Crippen LogP contribution in [0.3, 0.4) is 0 Å². The first-order chi connectivity index (χ1) is 13.4. The van der Waals surface area contributed by atoms with Crippen molar-refractivity contribution < 1.29 is 27.1 Å². The van der Waals surface area contributed by atoms with Crippen LogP contribution in [0.25, 0.3) is 0 Å². The summed E-state index contributed by atoms with van der Waals surface area (Å²) in [4.78, 5) is 21.7. The zero-order valence-corrected chi connectivity index (χ0v) is 18.0. The van der Waals surface area contributed by atoms with Crippen molar-refractivity contribution >= 4 is 38.9 Å². The predicted molar refractivity (Wildman–Crippen MR) is 109 cm³/mol. The summed E-state index contributed by atoms with van der Waals surface area (Å²) < 4.78 is 46.9. The summed E-state index contributed by atoms with van der Waals surface area (Å²) in [7, 11) is -4.44. The molecule has 0 aliphatic heterocycles. The molecular weight excluding hydrogens is 422 g/mol. The van der Waals surface area contributed by atoms with Gasteiger partial charge in [0, 0.05) is 18.3 Å². The maximum atomic E-state index is 12.5. The molecule has 0 heterocycles. The molecule has 160 valence electrons. The number of esters is 1. The quantitative estimate of drug-likeness (QED) is 0.264. The van der Waals surface area contributed by atoms with Crippen LogP contribution in [-0.4, -0.2) is 47.6 Å². The SMILES string of the molecule is COC(=O)[C@H](C/C=C/C=NS(=O)C(C)(C)C)NS(=O)(=O)c1ccc([N+](=O)[O-])cc1. The predicted octanol–water partition coefficient (Wildman–Crippen LogP) is 1.89. The van der Waals surface area contributed by atoms with Crippen molar-refractivity contribution in [1.82, 2.24) is 4.72 Å². The minimum atomic E-state index is -4.12. The lowest BCUT2D eigenvalue weighted by molar-refractivity contribution is -0.384. The number of nitrogens with one attached hydrogen (secondary N) is 1. The van der Waals surface area contributed by atoms with Crippen LogP contribution in [0.15, 0.2) is 45.7 Å². The number of sulfonamides is 1. The van der Waals surface area contributed by atoms with Gasteiger partial charge in [0.2, 0.25) is 10.0 Å². The second kappa shape index (κ2) is 10.4. The summed E-state index contributed by atoms with van der Waals surface area (Å²) in [5.74, 6) is -0.810. The fraction of sp³-hybridized carbons (Fsp3) is 0.412. The highest BCUT2D eigenvalue weighted by Crippen LogP contribution is 2.16. The van der Waals surface area contributed by atoms with E-state index in [1.165, 1.54) is 18.4 Å². The number of carbonyl (C=O) groups excluding carboxylic acids is 1. The highest BCUT2D eigenvalue weighted by atomic mass is 32.2. The van der Waals surface area contributed by atoms with Crippen molar-refractivity contribution in [2.45, 2.75) is 42.9 Å². The van der Waals surface area contributed by atoms with E-state index in [0.29, 0.717) is 0 Å². The van der Waals surface area contributed by atoms with E-state index in [2.05, 4.69) is 13.9 Å².